The lowest BCUT2D eigenvalue weighted by molar-refractivity contribution is -0.146. The molecule has 0 aromatic heterocycles. The van der Waals surface area contributed by atoms with Gasteiger partial charge in [-0.1, -0.05) is 13.8 Å². The van der Waals surface area contributed by atoms with Gasteiger partial charge in [-0.25, -0.2) is 8.78 Å². The molecule has 8 heteroatoms. The minimum Gasteiger partial charge on any atom is -0.381 e. The molecule has 2 rings (SSSR count). The van der Waals surface area contributed by atoms with Crippen LogP contribution in [0.4, 0.5) is 8.78 Å². The van der Waals surface area contributed by atoms with Crippen molar-refractivity contribution in [1.29, 1.82) is 0 Å². The van der Waals surface area contributed by atoms with Crippen LogP contribution in [0.2, 0.25) is 0 Å². The van der Waals surface area contributed by atoms with E-state index in [1.165, 1.54) is 4.90 Å². The van der Waals surface area contributed by atoms with Crippen molar-refractivity contribution in [3.05, 3.63) is 0 Å². The predicted molar refractivity (Wildman–Crippen MR) is 96.5 cm³/mol. The van der Waals surface area contributed by atoms with E-state index in [4.69, 9.17) is 9.47 Å². The molecule has 0 aromatic carbocycles. The lowest BCUT2D eigenvalue weighted by Crippen LogP contribution is -2.57. The Labute approximate surface area is 159 Å². The van der Waals surface area contributed by atoms with Crippen LogP contribution in [0, 0.1) is 11.8 Å². The summed E-state index contributed by atoms with van der Waals surface area (Å²) < 4.78 is 38.0. The fraction of sp³-hybridized carbons (Fsp3) is 0.895. The standard InChI is InChI=1S/C19H32F2N2O4/c1-13(2)17(24)22-16(14(3)27-12-15-4-10-26-11-5-15)18(25)23-8-6-19(20,21)7-9-23/h13-16H,4-12H2,1-3H3,(H,22,24). The van der Waals surface area contributed by atoms with E-state index in [2.05, 4.69) is 5.32 Å². The van der Waals surface area contributed by atoms with E-state index in [9.17, 15) is 18.4 Å². The molecular formula is C19H32F2N2O4. The number of nitrogens with one attached hydrogen (secondary N) is 1. The highest BCUT2D eigenvalue weighted by Gasteiger charge is 2.39. The van der Waals surface area contributed by atoms with Gasteiger partial charge in [0.25, 0.3) is 5.92 Å². The van der Waals surface area contributed by atoms with Crippen molar-refractivity contribution in [2.24, 2.45) is 11.8 Å². The minimum atomic E-state index is -2.72. The van der Waals surface area contributed by atoms with Gasteiger partial charge in [-0.15, -0.1) is 0 Å². The molecule has 0 aromatic rings. The topological polar surface area (TPSA) is 67.9 Å². The van der Waals surface area contributed by atoms with Gasteiger partial charge in [-0.2, -0.15) is 0 Å². The maximum Gasteiger partial charge on any atom is 0.251 e. The molecule has 2 amide bonds. The van der Waals surface area contributed by atoms with Crippen LogP contribution in [-0.4, -0.2) is 67.7 Å². The number of carbonyl (C=O) groups is 2. The van der Waals surface area contributed by atoms with E-state index < -0.39 is 18.1 Å². The van der Waals surface area contributed by atoms with E-state index in [1.807, 2.05) is 0 Å². The van der Waals surface area contributed by atoms with Crippen LogP contribution in [0.5, 0.6) is 0 Å². The normalized spacial score (nSPS) is 23.1. The Hall–Kier alpha value is -1.28. The molecule has 2 fully saturated rings. The molecule has 0 aliphatic carbocycles. The number of piperidine rings is 1. The highest BCUT2D eigenvalue weighted by atomic mass is 19.3. The van der Waals surface area contributed by atoms with E-state index >= 15 is 0 Å². The molecule has 1 N–H and O–H groups in total. The van der Waals surface area contributed by atoms with Crippen molar-refractivity contribution in [1.82, 2.24) is 10.2 Å². The number of halogens is 2. The Morgan fingerprint density at radius 1 is 1.19 bits per heavy atom. The summed E-state index contributed by atoms with van der Waals surface area (Å²) in [5.41, 5.74) is 0. The van der Waals surface area contributed by atoms with Crippen LogP contribution in [0.25, 0.3) is 0 Å². The third-order valence-corrected chi connectivity index (χ3v) is 5.30. The minimum absolute atomic E-state index is 0.00737. The van der Waals surface area contributed by atoms with Crippen LogP contribution in [0.3, 0.4) is 0 Å². The third kappa shape index (κ3) is 6.68. The number of alkyl halides is 2. The summed E-state index contributed by atoms with van der Waals surface area (Å²) >= 11 is 0. The first-order valence-corrected chi connectivity index (χ1v) is 9.86. The van der Waals surface area contributed by atoms with Crippen molar-refractivity contribution in [2.45, 2.75) is 64.5 Å². The summed E-state index contributed by atoms with van der Waals surface area (Å²) in [5, 5.41) is 2.75. The first kappa shape index (κ1) is 22.0. The fourth-order valence-electron chi connectivity index (χ4n) is 3.25. The zero-order valence-electron chi connectivity index (χ0n) is 16.5. The number of ether oxygens (including phenoxy) is 2. The first-order chi connectivity index (χ1) is 12.7. The Morgan fingerprint density at radius 3 is 2.33 bits per heavy atom. The zero-order chi connectivity index (χ0) is 20.0. The second kappa shape index (κ2) is 9.78. The molecule has 2 unspecified atom stereocenters. The third-order valence-electron chi connectivity index (χ3n) is 5.30. The maximum atomic E-state index is 13.4. The number of nitrogens with zero attached hydrogens (tertiary/aromatic N) is 1. The molecule has 0 radical (unpaired) electrons. The van der Waals surface area contributed by atoms with Gasteiger partial charge < -0.3 is 19.7 Å². The molecule has 2 aliphatic heterocycles. The van der Waals surface area contributed by atoms with Crippen LogP contribution < -0.4 is 5.32 Å². The molecule has 27 heavy (non-hydrogen) atoms. The summed E-state index contributed by atoms with van der Waals surface area (Å²) in [7, 11) is 0. The number of carbonyl (C=O) groups excluding carboxylic acids is 2. The van der Waals surface area contributed by atoms with Crippen molar-refractivity contribution in [3.8, 4) is 0 Å². The van der Waals surface area contributed by atoms with Crippen molar-refractivity contribution in [2.75, 3.05) is 32.9 Å². The van der Waals surface area contributed by atoms with Crippen LogP contribution in [0.1, 0.15) is 46.5 Å². The van der Waals surface area contributed by atoms with Crippen molar-refractivity contribution < 1.29 is 27.8 Å². The summed E-state index contributed by atoms with van der Waals surface area (Å²) in [5.74, 6) is -3.24. The fourth-order valence-corrected chi connectivity index (χ4v) is 3.25. The van der Waals surface area contributed by atoms with E-state index in [0.29, 0.717) is 25.7 Å². The molecule has 2 saturated heterocycles. The second-order valence-corrected chi connectivity index (χ2v) is 7.92. The number of amides is 2. The molecular weight excluding hydrogens is 358 g/mol. The van der Waals surface area contributed by atoms with E-state index in [-0.39, 0.29) is 43.7 Å². The quantitative estimate of drug-likeness (QED) is 0.724. The Kier molecular flexibility index (Phi) is 7.97. The summed E-state index contributed by atoms with van der Waals surface area (Å²) in [6.07, 6.45) is 0.586. The van der Waals surface area contributed by atoms with Crippen LogP contribution in [-0.2, 0) is 19.1 Å². The maximum absolute atomic E-state index is 13.4. The predicted octanol–water partition coefficient (Wildman–Crippen LogP) is 2.22. The van der Waals surface area contributed by atoms with Gasteiger partial charge in [0, 0.05) is 45.1 Å². The second-order valence-electron chi connectivity index (χ2n) is 7.92. The summed E-state index contributed by atoms with van der Waals surface area (Å²) in [6, 6.07) is -0.869. The molecule has 6 nitrogen and oxygen atoms in total. The van der Waals surface area contributed by atoms with E-state index in [1.54, 1.807) is 20.8 Å². The SMILES string of the molecule is CC(C)C(=O)NC(C(=O)N1CCC(F)(F)CC1)C(C)OCC1CCOCC1. The van der Waals surface area contributed by atoms with Crippen LogP contribution >= 0.6 is 0 Å². The highest BCUT2D eigenvalue weighted by Crippen LogP contribution is 2.28. The number of likely N-dealkylation sites (tertiary alicyclic amines) is 1. The van der Waals surface area contributed by atoms with Gasteiger partial charge in [0.2, 0.25) is 11.8 Å². The van der Waals surface area contributed by atoms with Gasteiger partial charge in [0.05, 0.1) is 12.7 Å². The first-order valence-electron chi connectivity index (χ1n) is 9.86. The Balaban J connectivity index is 1.98. The average molecular weight is 390 g/mol. The molecule has 2 atom stereocenters. The number of hydrogen-bond acceptors (Lipinski definition) is 4. The lowest BCUT2D eigenvalue weighted by Gasteiger charge is -2.36. The highest BCUT2D eigenvalue weighted by molar-refractivity contribution is 5.88. The van der Waals surface area contributed by atoms with E-state index in [0.717, 1.165) is 12.8 Å². The Morgan fingerprint density at radius 2 is 1.78 bits per heavy atom. The largest absolute Gasteiger partial charge is 0.381 e. The molecule has 0 saturated carbocycles. The molecule has 2 heterocycles. The van der Waals surface area contributed by atoms with Gasteiger partial charge >= 0.3 is 0 Å². The lowest BCUT2D eigenvalue weighted by atomic mass is 10.0. The van der Waals surface area contributed by atoms with Gasteiger partial charge in [0.15, 0.2) is 0 Å². The molecule has 0 bridgehead atoms. The summed E-state index contributed by atoms with van der Waals surface area (Å²) in [4.78, 5) is 26.5. The molecule has 156 valence electrons. The number of hydrogen-bond donors (Lipinski definition) is 1. The van der Waals surface area contributed by atoms with Crippen molar-refractivity contribution in [3.63, 3.8) is 0 Å². The van der Waals surface area contributed by atoms with Crippen molar-refractivity contribution >= 4 is 11.8 Å². The zero-order valence-corrected chi connectivity index (χ0v) is 16.5. The average Bonchev–Trinajstić information content (AvgIpc) is 2.64. The van der Waals surface area contributed by atoms with Crippen LogP contribution in [0.15, 0.2) is 0 Å². The monoisotopic (exact) mass is 390 g/mol. The summed E-state index contributed by atoms with van der Waals surface area (Å²) in [6.45, 7) is 7.12. The smallest absolute Gasteiger partial charge is 0.251 e. The number of rotatable bonds is 7. The molecule has 0 spiro atoms. The van der Waals surface area contributed by atoms with Gasteiger partial charge in [-0.05, 0) is 25.7 Å². The van der Waals surface area contributed by atoms with Gasteiger partial charge in [-0.3, -0.25) is 9.59 Å². The van der Waals surface area contributed by atoms with Gasteiger partial charge in [0.1, 0.15) is 6.04 Å². The Bertz CT molecular complexity index is 500. The molecule has 2 aliphatic rings.